The molecule has 0 saturated heterocycles. The maximum atomic E-state index is 12.1. The molecule has 0 fully saturated rings. The summed E-state index contributed by atoms with van der Waals surface area (Å²) in [5, 5.41) is 2.73. The number of carbonyl (C=O) groups excluding carboxylic acids is 1. The molecule has 0 aliphatic carbocycles. The summed E-state index contributed by atoms with van der Waals surface area (Å²) in [6.07, 6.45) is 3.57. The second-order valence-electron chi connectivity index (χ2n) is 4.47. The standard InChI is InChI=1S/C13H13ClN6O2/c14-4-2-5-16-13(21)20-7-17-10-9(8-3-1-6-22-8)18-12(15)19-11(10)20/h1,3,6-7H,2,4-5H2,(H,16,21)(H2,15,18,19). The second-order valence-corrected chi connectivity index (χ2v) is 4.85. The van der Waals surface area contributed by atoms with Crippen LogP contribution in [-0.2, 0) is 0 Å². The van der Waals surface area contributed by atoms with Crippen LogP contribution < -0.4 is 11.1 Å². The van der Waals surface area contributed by atoms with Crippen molar-refractivity contribution in [2.75, 3.05) is 18.2 Å². The van der Waals surface area contributed by atoms with E-state index in [4.69, 9.17) is 21.8 Å². The Morgan fingerprint density at radius 1 is 1.45 bits per heavy atom. The summed E-state index contributed by atoms with van der Waals surface area (Å²) >= 11 is 5.59. The van der Waals surface area contributed by atoms with E-state index in [0.29, 0.717) is 41.5 Å². The SMILES string of the molecule is Nc1nc(-c2ccco2)c2ncn(C(=O)NCCCCl)c2n1. The molecule has 1 amide bonds. The number of nitrogens with one attached hydrogen (secondary N) is 1. The molecule has 3 aromatic rings. The molecule has 0 bridgehead atoms. The van der Waals surface area contributed by atoms with Crippen LogP contribution >= 0.6 is 11.6 Å². The maximum absolute atomic E-state index is 12.1. The van der Waals surface area contributed by atoms with Gasteiger partial charge in [-0.15, -0.1) is 11.6 Å². The molecule has 22 heavy (non-hydrogen) atoms. The molecule has 0 radical (unpaired) electrons. The first-order chi connectivity index (χ1) is 10.7. The predicted octanol–water partition coefficient (Wildman–Crippen LogP) is 1.86. The first-order valence-corrected chi connectivity index (χ1v) is 7.12. The first-order valence-electron chi connectivity index (χ1n) is 6.59. The Hall–Kier alpha value is -2.61. The van der Waals surface area contributed by atoms with E-state index in [1.165, 1.54) is 17.2 Å². The lowest BCUT2D eigenvalue weighted by Gasteiger charge is -2.05. The number of furan rings is 1. The van der Waals surface area contributed by atoms with Gasteiger partial charge in [-0.2, -0.15) is 4.98 Å². The fraction of sp³-hybridized carbons (Fsp3) is 0.231. The molecule has 3 heterocycles. The van der Waals surface area contributed by atoms with Crippen molar-refractivity contribution in [2.45, 2.75) is 6.42 Å². The number of hydrogen-bond acceptors (Lipinski definition) is 6. The van der Waals surface area contributed by atoms with Crippen molar-refractivity contribution in [3.63, 3.8) is 0 Å². The van der Waals surface area contributed by atoms with Gasteiger partial charge in [-0.25, -0.2) is 19.3 Å². The van der Waals surface area contributed by atoms with Gasteiger partial charge in [0.15, 0.2) is 11.4 Å². The highest BCUT2D eigenvalue weighted by Gasteiger charge is 2.18. The Morgan fingerprint density at radius 3 is 3.05 bits per heavy atom. The van der Waals surface area contributed by atoms with Crippen LogP contribution in [0, 0.1) is 0 Å². The molecule has 114 valence electrons. The number of aromatic nitrogens is 4. The number of halogens is 1. The van der Waals surface area contributed by atoms with Gasteiger partial charge in [0.25, 0.3) is 0 Å². The molecule has 0 aliphatic heterocycles. The number of alkyl halides is 1. The van der Waals surface area contributed by atoms with Crippen LogP contribution in [0.25, 0.3) is 22.6 Å². The highest BCUT2D eigenvalue weighted by atomic mass is 35.5. The van der Waals surface area contributed by atoms with Crippen molar-refractivity contribution < 1.29 is 9.21 Å². The van der Waals surface area contributed by atoms with Crippen LogP contribution in [0.5, 0.6) is 0 Å². The van der Waals surface area contributed by atoms with Crippen molar-refractivity contribution in [2.24, 2.45) is 0 Å². The lowest BCUT2D eigenvalue weighted by atomic mass is 10.3. The van der Waals surface area contributed by atoms with Gasteiger partial charge >= 0.3 is 6.03 Å². The van der Waals surface area contributed by atoms with Crippen LogP contribution in [0.15, 0.2) is 29.1 Å². The molecular formula is C13H13ClN6O2. The monoisotopic (exact) mass is 320 g/mol. The summed E-state index contributed by atoms with van der Waals surface area (Å²) in [6, 6.07) is 3.12. The minimum Gasteiger partial charge on any atom is -0.463 e. The molecule has 0 unspecified atom stereocenters. The lowest BCUT2D eigenvalue weighted by Crippen LogP contribution is -2.29. The van der Waals surface area contributed by atoms with Crippen LogP contribution in [0.2, 0.25) is 0 Å². The van der Waals surface area contributed by atoms with Gasteiger partial charge in [-0.1, -0.05) is 0 Å². The van der Waals surface area contributed by atoms with E-state index in [1.54, 1.807) is 12.1 Å². The molecule has 9 heteroatoms. The van der Waals surface area contributed by atoms with E-state index >= 15 is 0 Å². The Bertz CT molecular complexity index is 798. The highest BCUT2D eigenvalue weighted by molar-refractivity contribution is 6.17. The van der Waals surface area contributed by atoms with E-state index in [1.807, 2.05) is 0 Å². The van der Waals surface area contributed by atoms with E-state index in [2.05, 4.69) is 20.3 Å². The molecule has 0 aliphatic rings. The first kappa shape index (κ1) is 14.3. The Morgan fingerprint density at radius 2 is 2.32 bits per heavy atom. The molecular weight excluding hydrogens is 308 g/mol. The van der Waals surface area contributed by atoms with Gasteiger partial charge in [-0.3, -0.25) is 0 Å². The third kappa shape index (κ3) is 2.60. The quantitative estimate of drug-likeness (QED) is 0.560. The van der Waals surface area contributed by atoms with E-state index in [9.17, 15) is 4.79 Å². The Balaban J connectivity index is 2.02. The molecule has 0 atom stereocenters. The Labute approximate surface area is 130 Å². The largest absolute Gasteiger partial charge is 0.463 e. The van der Waals surface area contributed by atoms with Gasteiger partial charge in [0.2, 0.25) is 5.95 Å². The van der Waals surface area contributed by atoms with E-state index in [0.717, 1.165) is 0 Å². The summed E-state index contributed by atoms with van der Waals surface area (Å²) in [6.45, 7) is 0.466. The van der Waals surface area contributed by atoms with Crippen LogP contribution in [0.3, 0.4) is 0 Å². The number of nitrogens with zero attached hydrogens (tertiary/aromatic N) is 4. The van der Waals surface area contributed by atoms with Crippen LogP contribution in [0.1, 0.15) is 6.42 Å². The van der Waals surface area contributed by atoms with Gasteiger partial charge < -0.3 is 15.5 Å². The van der Waals surface area contributed by atoms with Crippen molar-refractivity contribution in [1.29, 1.82) is 0 Å². The molecule has 0 aromatic carbocycles. The number of imidazole rings is 1. The summed E-state index contributed by atoms with van der Waals surface area (Å²) in [5.74, 6) is 1.02. The highest BCUT2D eigenvalue weighted by Crippen LogP contribution is 2.25. The van der Waals surface area contributed by atoms with Gasteiger partial charge in [-0.05, 0) is 18.6 Å². The summed E-state index contributed by atoms with van der Waals surface area (Å²) in [5.41, 5.74) is 6.93. The molecule has 0 spiro atoms. The fourth-order valence-electron chi connectivity index (χ4n) is 2.00. The number of nitrogens with two attached hydrogens (primary N) is 1. The average Bonchev–Trinajstić information content (AvgIpc) is 3.16. The van der Waals surface area contributed by atoms with Gasteiger partial charge in [0, 0.05) is 12.4 Å². The van der Waals surface area contributed by atoms with Gasteiger partial charge in [0.1, 0.15) is 17.5 Å². The van der Waals surface area contributed by atoms with Crippen LogP contribution in [-0.4, -0.2) is 38.0 Å². The minimum atomic E-state index is -0.351. The smallest absolute Gasteiger partial charge is 0.328 e. The zero-order valence-corrected chi connectivity index (χ0v) is 12.2. The van der Waals surface area contributed by atoms with Gasteiger partial charge in [0.05, 0.1) is 6.26 Å². The summed E-state index contributed by atoms with van der Waals surface area (Å²) in [7, 11) is 0. The molecule has 3 aromatic heterocycles. The Kier molecular flexibility index (Phi) is 3.92. The normalized spacial score (nSPS) is 11.0. The third-order valence-electron chi connectivity index (χ3n) is 2.97. The van der Waals surface area contributed by atoms with Crippen molar-refractivity contribution >= 4 is 34.7 Å². The molecule has 3 rings (SSSR count). The van der Waals surface area contributed by atoms with Crippen molar-refractivity contribution in [3.8, 4) is 11.5 Å². The summed E-state index contributed by atoms with van der Waals surface area (Å²) < 4.78 is 6.61. The van der Waals surface area contributed by atoms with E-state index < -0.39 is 0 Å². The van der Waals surface area contributed by atoms with E-state index in [-0.39, 0.29) is 12.0 Å². The second kappa shape index (κ2) is 6.02. The lowest BCUT2D eigenvalue weighted by molar-refractivity contribution is 0.243. The van der Waals surface area contributed by atoms with Crippen molar-refractivity contribution in [1.82, 2.24) is 24.8 Å². The number of nitrogen functional groups attached to an aromatic ring is 1. The zero-order chi connectivity index (χ0) is 15.5. The maximum Gasteiger partial charge on any atom is 0.328 e. The topological polar surface area (TPSA) is 112 Å². The van der Waals surface area contributed by atoms with Crippen LogP contribution in [0.4, 0.5) is 10.7 Å². The average molecular weight is 321 g/mol. The number of fused-ring (bicyclic) bond motifs is 1. The predicted molar refractivity (Wildman–Crippen MR) is 81.6 cm³/mol. The molecule has 0 saturated carbocycles. The minimum absolute atomic E-state index is 0.0363. The zero-order valence-electron chi connectivity index (χ0n) is 11.5. The number of anilines is 1. The number of amides is 1. The number of hydrogen-bond donors (Lipinski definition) is 2. The fourth-order valence-corrected chi connectivity index (χ4v) is 2.13. The number of carbonyl (C=O) groups is 1. The molecule has 8 nitrogen and oxygen atoms in total. The summed E-state index contributed by atoms with van der Waals surface area (Å²) in [4.78, 5) is 24.6. The van der Waals surface area contributed by atoms with Crippen molar-refractivity contribution in [3.05, 3.63) is 24.7 Å². The molecule has 3 N–H and O–H groups in total. The third-order valence-corrected chi connectivity index (χ3v) is 3.24. The number of rotatable bonds is 4.